The van der Waals surface area contributed by atoms with Gasteiger partial charge in [0.15, 0.2) is 0 Å². The molecule has 0 spiro atoms. The predicted molar refractivity (Wildman–Crippen MR) is 86.7 cm³/mol. The first-order valence-corrected chi connectivity index (χ1v) is 8.06. The largest absolute Gasteiger partial charge is 0.392 e. The van der Waals surface area contributed by atoms with Crippen LogP contribution in [0.15, 0.2) is 36.4 Å². The van der Waals surface area contributed by atoms with Crippen LogP contribution in [0.1, 0.15) is 22.4 Å². The van der Waals surface area contributed by atoms with Crippen LogP contribution in [0, 0.1) is 0 Å². The maximum Gasteiger partial charge on any atom is 0.220 e. The molecular weight excluding hydrogens is 306 g/mol. The minimum Gasteiger partial charge on any atom is -0.392 e. The number of aryl methyl sites for hydroxylation is 1. The lowest BCUT2D eigenvalue weighted by atomic mass is 10.1. The lowest BCUT2D eigenvalue weighted by Gasteiger charge is -2.05. The van der Waals surface area contributed by atoms with E-state index < -0.39 is 0 Å². The van der Waals surface area contributed by atoms with Crippen LogP contribution in [0.3, 0.4) is 0 Å². The quantitative estimate of drug-likeness (QED) is 0.822. The molecule has 1 amide bonds. The number of aliphatic hydroxyl groups is 1. The molecule has 0 aliphatic carbocycles. The monoisotopic (exact) mass is 323 g/mol. The van der Waals surface area contributed by atoms with Crippen molar-refractivity contribution in [3.8, 4) is 0 Å². The lowest BCUT2D eigenvalue weighted by molar-refractivity contribution is -0.121. The van der Waals surface area contributed by atoms with Gasteiger partial charge in [0.25, 0.3) is 0 Å². The minimum atomic E-state index is 0.0593. The van der Waals surface area contributed by atoms with Crippen LogP contribution in [0.25, 0.3) is 0 Å². The first-order valence-electron chi connectivity index (χ1n) is 6.87. The number of nitrogens with one attached hydrogen (secondary N) is 1. The standard InChI is InChI=1S/C16H18ClNO2S/c17-15-7-5-14(21-15)6-8-16(20)18-10-9-12-1-3-13(11-19)4-2-12/h1-5,7,19H,6,8-11H2,(H,18,20). The molecule has 2 rings (SSSR count). The summed E-state index contributed by atoms with van der Waals surface area (Å²) in [5.41, 5.74) is 2.05. The van der Waals surface area contributed by atoms with Gasteiger partial charge in [-0.3, -0.25) is 4.79 Å². The van der Waals surface area contributed by atoms with Crippen molar-refractivity contribution in [1.29, 1.82) is 0 Å². The van der Waals surface area contributed by atoms with Gasteiger partial charge in [-0.15, -0.1) is 11.3 Å². The number of hydrogen-bond acceptors (Lipinski definition) is 3. The van der Waals surface area contributed by atoms with Gasteiger partial charge < -0.3 is 10.4 Å². The summed E-state index contributed by atoms with van der Waals surface area (Å²) in [4.78, 5) is 12.9. The van der Waals surface area contributed by atoms with Gasteiger partial charge in [-0.1, -0.05) is 35.9 Å². The van der Waals surface area contributed by atoms with Crippen LogP contribution >= 0.6 is 22.9 Å². The highest BCUT2D eigenvalue weighted by Gasteiger charge is 2.04. The molecule has 2 aromatic rings. The van der Waals surface area contributed by atoms with Gasteiger partial charge in [0.2, 0.25) is 5.91 Å². The van der Waals surface area contributed by atoms with Crippen molar-refractivity contribution in [3.05, 3.63) is 56.7 Å². The summed E-state index contributed by atoms with van der Waals surface area (Å²) in [6.07, 6.45) is 2.01. The van der Waals surface area contributed by atoms with E-state index in [9.17, 15) is 4.79 Å². The van der Waals surface area contributed by atoms with Crippen molar-refractivity contribution in [2.45, 2.75) is 25.9 Å². The Morgan fingerprint density at radius 2 is 1.81 bits per heavy atom. The fourth-order valence-corrected chi connectivity index (χ4v) is 3.06. The molecule has 2 N–H and O–H groups in total. The zero-order valence-electron chi connectivity index (χ0n) is 11.6. The first-order chi connectivity index (χ1) is 10.2. The van der Waals surface area contributed by atoms with Gasteiger partial charge in [0.1, 0.15) is 0 Å². The van der Waals surface area contributed by atoms with Crippen molar-refractivity contribution in [2.75, 3.05) is 6.54 Å². The summed E-state index contributed by atoms with van der Waals surface area (Å²) in [6, 6.07) is 11.6. The molecule has 0 bridgehead atoms. The smallest absolute Gasteiger partial charge is 0.220 e. The molecule has 21 heavy (non-hydrogen) atoms. The summed E-state index contributed by atoms with van der Waals surface area (Å²) in [6.45, 7) is 0.687. The van der Waals surface area contributed by atoms with E-state index in [4.69, 9.17) is 16.7 Å². The summed E-state index contributed by atoms with van der Waals surface area (Å²) in [5.74, 6) is 0.0616. The molecule has 0 aliphatic rings. The van der Waals surface area contributed by atoms with Crippen molar-refractivity contribution in [3.63, 3.8) is 0 Å². The van der Waals surface area contributed by atoms with Crippen LogP contribution in [-0.4, -0.2) is 17.6 Å². The van der Waals surface area contributed by atoms with E-state index in [0.717, 1.165) is 33.2 Å². The number of carbonyl (C=O) groups excluding carboxylic acids is 1. The number of benzene rings is 1. The topological polar surface area (TPSA) is 49.3 Å². The van der Waals surface area contributed by atoms with Crippen LogP contribution in [0.4, 0.5) is 0 Å². The fourth-order valence-electron chi connectivity index (χ4n) is 1.97. The Kier molecular flexibility index (Phi) is 6.23. The molecule has 0 atom stereocenters. The van der Waals surface area contributed by atoms with Gasteiger partial charge in [0.05, 0.1) is 10.9 Å². The number of carbonyl (C=O) groups is 1. The molecule has 0 aliphatic heterocycles. The molecule has 3 nitrogen and oxygen atoms in total. The number of rotatable bonds is 7. The molecule has 0 radical (unpaired) electrons. The number of amides is 1. The zero-order valence-corrected chi connectivity index (χ0v) is 13.2. The van der Waals surface area contributed by atoms with Crippen molar-refractivity contribution < 1.29 is 9.90 Å². The van der Waals surface area contributed by atoms with E-state index in [0.29, 0.717) is 13.0 Å². The van der Waals surface area contributed by atoms with E-state index in [2.05, 4.69) is 5.32 Å². The van der Waals surface area contributed by atoms with Gasteiger partial charge in [0, 0.05) is 17.8 Å². The molecule has 0 fully saturated rings. The average Bonchev–Trinajstić information content (AvgIpc) is 2.91. The van der Waals surface area contributed by atoms with E-state index >= 15 is 0 Å². The van der Waals surface area contributed by atoms with Crippen LogP contribution < -0.4 is 5.32 Å². The Hall–Kier alpha value is -1.36. The van der Waals surface area contributed by atoms with E-state index in [1.807, 2.05) is 36.4 Å². The highest BCUT2D eigenvalue weighted by Crippen LogP contribution is 2.22. The maximum atomic E-state index is 11.7. The van der Waals surface area contributed by atoms with Gasteiger partial charge in [-0.25, -0.2) is 0 Å². The molecule has 1 aromatic heterocycles. The van der Waals surface area contributed by atoms with Crippen LogP contribution in [0.5, 0.6) is 0 Å². The zero-order chi connectivity index (χ0) is 15.1. The molecule has 1 aromatic carbocycles. The van der Waals surface area contributed by atoms with Crippen molar-refractivity contribution in [2.24, 2.45) is 0 Å². The van der Waals surface area contributed by atoms with Crippen molar-refractivity contribution in [1.82, 2.24) is 5.32 Å². The Labute approximate surface area is 133 Å². The summed E-state index contributed by atoms with van der Waals surface area (Å²) < 4.78 is 0.761. The Bertz CT molecular complexity index is 580. The number of halogens is 1. The molecule has 0 saturated heterocycles. The number of thiophene rings is 1. The summed E-state index contributed by atoms with van der Waals surface area (Å²) >= 11 is 7.37. The second kappa shape index (κ2) is 8.17. The second-order valence-corrected chi connectivity index (χ2v) is 6.58. The Morgan fingerprint density at radius 3 is 2.43 bits per heavy atom. The molecular formula is C16H18ClNO2S. The average molecular weight is 324 g/mol. The molecule has 0 saturated carbocycles. The third-order valence-corrected chi connectivity index (χ3v) is 4.46. The Balaban J connectivity index is 1.66. The van der Waals surface area contributed by atoms with Gasteiger partial charge in [-0.05, 0) is 36.1 Å². The minimum absolute atomic E-state index is 0.0593. The highest BCUT2D eigenvalue weighted by molar-refractivity contribution is 7.16. The summed E-state index contributed by atoms with van der Waals surface area (Å²) in [5, 5.41) is 11.9. The molecule has 5 heteroatoms. The molecule has 1 heterocycles. The lowest BCUT2D eigenvalue weighted by Crippen LogP contribution is -2.25. The maximum absolute atomic E-state index is 11.7. The van der Waals surface area contributed by atoms with Gasteiger partial charge >= 0.3 is 0 Å². The molecule has 0 unspecified atom stereocenters. The van der Waals surface area contributed by atoms with E-state index in [1.54, 1.807) is 0 Å². The van der Waals surface area contributed by atoms with Crippen LogP contribution in [0.2, 0.25) is 4.34 Å². The third kappa shape index (κ3) is 5.50. The fraction of sp³-hybridized carbons (Fsp3) is 0.312. The van der Waals surface area contributed by atoms with Gasteiger partial charge in [-0.2, -0.15) is 0 Å². The first kappa shape index (κ1) is 16.0. The van der Waals surface area contributed by atoms with E-state index in [-0.39, 0.29) is 12.5 Å². The third-order valence-electron chi connectivity index (χ3n) is 3.17. The highest BCUT2D eigenvalue weighted by atomic mass is 35.5. The van der Waals surface area contributed by atoms with Crippen LogP contribution in [-0.2, 0) is 24.2 Å². The number of hydrogen-bond donors (Lipinski definition) is 2. The number of aliphatic hydroxyl groups excluding tert-OH is 1. The molecule has 112 valence electrons. The van der Waals surface area contributed by atoms with E-state index in [1.165, 1.54) is 11.3 Å². The SMILES string of the molecule is O=C(CCc1ccc(Cl)s1)NCCc1ccc(CO)cc1. The predicted octanol–water partition coefficient (Wildman–Crippen LogP) is 3.19. The second-order valence-electron chi connectivity index (χ2n) is 4.78. The van der Waals surface area contributed by atoms with Crippen molar-refractivity contribution >= 4 is 28.8 Å². The Morgan fingerprint density at radius 1 is 1.10 bits per heavy atom. The normalized spacial score (nSPS) is 10.6. The summed E-state index contributed by atoms with van der Waals surface area (Å²) in [7, 11) is 0.